The summed E-state index contributed by atoms with van der Waals surface area (Å²) in [6.07, 6.45) is 0.286. The molecule has 2 amide bonds. The summed E-state index contributed by atoms with van der Waals surface area (Å²) in [5, 5.41) is 0.530. The zero-order chi connectivity index (χ0) is 19.7. The number of hydrogen-bond donors (Lipinski definition) is 2. The van der Waals surface area contributed by atoms with E-state index in [9.17, 15) is 9.59 Å². The van der Waals surface area contributed by atoms with Gasteiger partial charge < -0.3 is 9.80 Å². The number of piperazine rings is 1. The van der Waals surface area contributed by atoms with E-state index in [4.69, 9.17) is 11.6 Å². The van der Waals surface area contributed by atoms with Crippen LogP contribution in [0.5, 0.6) is 0 Å². The Bertz CT molecular complexity index is 893. The molecule has 2 aliphatic heterocycles. The summed E-state index contributed by atoms with van der Waals surface area (Å²) < 4.78 is 0. The Morgan fingerprint density at radius 2 is 1.79 bits per heavy atom. The third kappa shape index (κ3) is 3.97. The van der Waals surface area contributed by atoms with Crippen molar-refractivity contribution in [2.45, 2.75) is 25.9 Å². The molecule has 2 N–H and O–H groups in total. The lowest BCUT2D eigenvalue weighted by Crippen LogP contribution is -3.29. The minimum absolute atomic E-state index is 0.0931. The Morgan fingerprint density at radius 1 is 1.04 bits per heavy atom. The maximum atomic E-state index is 13.0. The predicted molar refractivity (Wildman–Crippen MR) is 109 cm³/mol. The molecule has 5 nitrogen and oxygen atoms in total. The van der Waals surface area contributed by atoms with Gasteiger partial charge in [0.05, 0.1) is 12.1 Å². The summed E-state index contributed by atoms with van der Waals surface area (Å²) in [6.45, 7) is 6.98. The SMILES string of the molecule is Cc1cccc(C[NH+]2CC[NH+]([C@H]3CC(=O)N(c4cccc(Cl)c4)C3=O)CC2)c1. The third-order valence-electron chi connectivity index (χ3n) is 5.84. The molecule has 0 radical (unpaired) electrons. The maximum absolute atomic E-state index is 13.0. The number of hydrogen-bond acceptors (Lipinski definition) is 2. The average Bonchev–Trinajstić information content (AvgIpc) is 2.97. The fraction of sp³-hybridized carbons (Fsp3) is 0.364. The molecule has 2 saturated heterocycles. The summed E-state index contributed by atoms with van der Waals surface area (Å²) >= 11 is 6.04. The van der Waals surface area contributed by atoms with E-state index in [1.54, 1.807) is 24.3 Å². The van der Waals surface area contributed by atoms with E-state index < -0.39 is 0 Å². The summed E-state index contributed by atoms with van der Waals surface area (Å²) in [5.41, 5.74) is 3.23. The second-order valence-electron chi connectivity index (χ2n) is 7.88. The van der Waals surface area contributed by atoms with Gasteiger partial charge in [-0.15, -0.1) is 0 Å². The Kier molecular flexibility index (Phi) is 5.49. The van der Waals surface area contributed by atoms with Gasteiger partial charge in [-0.1, -0.05) is 47.5 Å². The van der Waals surface area contributed by atoms with Crippen LogP contribution in [0, 0.1) is 6.92 Å². The molecule has 146 valence electrons. The molecule has 2 aliphatic rings. The largest absolute Gasteiger partial charge is 0.322 e. The van der Waals surface area contributed by atoms with Crippen molar-refractivity contribution in [1.82, 2.24) is 0 Å². The van der Waals surface area contributed by atoms with Gasteiger partial charge in [-0.3, -0.25) is 9.59 Å². The molecule has 0 bridgehead atoms. The third-order valence-corrected chi connectivity index (χ3v) is 6.08. The smallest absolute Gasteiger partial charge is 0.292 e. The molecular formula is C22H26ClN3O2+2. The molecular weight excluding hydrogens is 374 g/mol. The lowest BCUT2D eigenvalue weighted by atomic mass is 10.1. The number of anilines is 1. The Morgan fingerprint density at radius 3 is 2.50 bits per heavy atom. The number of halogens is 1. The molecule has 6 heteroatoms. The maximum Gasteiger partial charge on any atom is 0.292 e. The fourth-order valence-electron chi connectivity index (χ4n) is 4.40. The Labute approximate surface area is 170 Å². The summed E-state index contributed by atoms with van der Waals surface area (Å²) in [7, 11) is 0. The van der Waals surface area contributed by atoms with Crippen LogP contribution in [0.1, 0.15) is 17.5 Å². The van der Waals surface area contributed by atoms with Crippen LogP contribution in [0.2, 0.25) is 5.02 Å². The van der Waals surface area contributed by atoms with Crippen molar-refractivity contribution in [1.29, 1.82) is 0 Å². The Balaban J connectivity index is 1.38. The van der Waals surface area contributed by atoms with Crippen LogP contribution in [0.3, 0.4) is 0 Å². The van der Waals surface area contributed by atoms with Gasteiger partial charge in [0.1, 0.15) is 32.7 Å². The number of quaternary nitrogens is 2. The topological polar surface area (TPSA) is 46.3 Å². The highest BCUT2D eigenvalue weighted by atomic mass is 35.5. The summed E-state index contributed by atoms with van der Waals surface area (Å²) in [5.74, 6) is -0.219. The van der Waals surface area contributed by atoms with Crippen molar-refractivity contribution in [2.24, 2.45) is 0 Å². The van der Waals surface area contributed by atoms with Crippen molar-refractivity contribution in [3.05, 3.63) is 64.7 Å². The van der Waals surface area contributed by atoms with Crippen molar-refractivity contribution in [3.63, 3.8) is 0 Å². The van der Waals surface area contributed by atoms with Gasteiger partial charge in [-0.2, -0.15) is 0 Å². The van der Waals surface area contributed by atoms with E-state index >= 15 is 0 Å². The van der Waals surface area contributed by atoms with Gasteiger partial charge in [0.25, 0.3) is 5.91 Å². The zero-order valence-corrected chi connectivity index (χ0v) is 16.8. The average molecular weight is 400 g/mol. The second-order valence-corrected chi connectivity index (χ2v) is 8.31. The van der Waals surface area contributed by atoms with Gasteiger partial charge in [0.2, 0.25) is 5.91 Å². The number of rotatable bonds is 4. The summed E-state index contributed by atoms with van der Waals surface area (Å²) in [6, 6.07) is 15.3. The van der Waals surface area contributed by atoms with Crippen LogP contribution in [0.25, 0.3) is 0 Å². The lowest BCUT2D eigenvalue weighted by Gasteiger charge is -2.32. The van der Waals surface area contributed by atoms with Crippen LogP contribution < -0.4 is 14.7 Å². The van der Waals surface area contributed by atoms with Crippen LogP contribution in [0.15, 0.2) is 48.5 Å². The molecule has 2 fully saturated rings. The molecule has 0 aliphatic carbocycles. The molecule has 0 aromatic heterocycles. The number of benzene rings is 2. The number of carbonyl (C=O) groups is 2. The minimum atomic E-state index is -0.271. The van der Waals surface area contributed by atoms with E-state index in [0.717, 1.165) is 32.7 Å². The van der Waals surface area contributed by atoms with Gasteiger partial charge in [-0.05, 0) is 25.1 Å². The van der Waals surface area contributed by atoms with Crippen molar-refractivity contribution < 1.29 is 19.4 Å². The fourth-order valence-corrected chi connectivity index (χ4v) is 4.58. The van der Waals surface area contributed by atoms with Crippen molar-refractivity contribution >= 4 is 29.1 Å². The second kappa shape index (κ2) is 8.03. The van der Waals surface area contributed by atoms with E-state index in [-0.39, 0.29) is 24.3 Å². The number of aryl methyl sites for hydroxylation is 1. The van der Waals surface area contributed by atoms with Crippen LogP contribution >= 0.6 is 11.6 Å². The zero-order valence-electron chi connectivity index (χ0n) is 16.1. The van der Waals surface area contributed by atoms with Crippen LogP contribution in [0.4, 0.5) is 5.69 Å². The first-order valence-corrected chi connectivity index (χ1v) is 10.2. The molecule has 2 aromatic rings. The summed E-state index contributed by atoms with van der Waals surface area (Å²) in [4.78, 5) is 29.6. The highest BCUT2D eigenvalue weighted by Gasteiger charge is 2.46. The Hall–Kier alpha value is -2.21. The molecule has 4 rings (SSSR count). The number of carbonyl (C=O) groups excluding carboxylic acids is 2. The molecule has 0 saturated carbocycles. The monoisotopic (exact) mass is 399 g/mol. The van der Waals surface area contributed by atoms with Crippen molar-refractivity contribution in [2.75, 3.05) is 31.1 Å². The van der Waals surface area contributed by atoms with E-state index in [2.05, 4.69) is 31.2 Å². The number of nitrogens with zero attached hydrogens (tertiary/aromatic N) is 1. The molecule has 1 atom stereocenters. The molecule has 28 heavy (non-hydrogen) atoms. The van der Waals surface area contributed by atoms with Gasteiger partial charge in [0.15, 0.2) is 6.04 Å². The normalized spacial score (nSPS) is 25.4. The molecule has 0 spiro atoms. The van der Waals surface area contributed by atoms with E-state index in [1.807, 2.05) is 0 Å². The number of amides is 2. The van der Waals surface area contributed by atoms with Gasteiger partial charge in [-0.25, -0.2) is 4.90 Å². The highest BCUT2D eigenvalue weighted by Crippen LogP contribution is 2.24. The van der Waals surface area contributed by atoms with Gasteiger partial charge >= 0.3 is 0 Å². The van der Waals surface area contributed by atoms with Crippen LogP contribution in [-0.4, -0.2) is 44.0 Å². The van der Waals surface area contributed by atoms with Crippen molar-refractivity contribution in [3.8, 4) is 0 Å². The number of imide groups is 1. The van der Waals surface area contributed by atoms with Gasteiger partial charge in [0, 0.05) is 10.6 Å². The highest BCUT2D eigenvalue weighted by molar-refractivity contribution is 6.31. The first-order chi connectivity index (χ1) is 13.5. The first-order valence-electron chi connectivity index (χ1n) is 9.87. The standard InChI is InChI=1S/C22H24ClN3O2/c1-16-4-2-5-17(12-16)15-24-8-10-25(11-9-24)20-14-21(27)26(22(20)28)19-7-3-6-18(23)13-19/h2-7,12-13,20H,8-11,14-15H2,1H3/p+2/t20-/m0/s1. The molecule has 0 unspecified atom stereocenters. The van der Waals surface area contributed by atoms with Crippen LogP contribution in [-0.2, 0) is 16.1 Å². The molecule has 2 heterocycles. The minimum Gasteiger partial charge on any atom is -0.322 e. The molecule has 2 aromatic carbocycles. The number of nitrogens with one attached hydrogen (secondary N) is 2. The lowest BCUT2D eigenvalue weighted by molar-refractivity contribution is -1.02. The first kappa shape index (κ1) is 19.1. The van der Waals surface area contributed by atoms with E-state index in [0.29, 0.717) is 10.7 Å². The van der Waals surface area contributed by atoms with E-state index in [1.165, 1.54) is 25.8 Å². The predicted octanol–water partition coefficient (Wildman–Crippen LogP) is 0.264. The quantitative estimate of drug-likeness (QED) is 0.725.